The van der Waals surface area contributed by atoms with Crippen molar-refractivity contribution in [2.45, 2.75) is 6.61 Å². The molecule has 1 aromatic carbocycles. The Kier molecular flexibility index (Phi) is 2.76. The molecule has 0 radical (unpaired) electrons. The summed E-state index contributed by atoms with van der Waals surface area (Å²) in [5, 5.41) is 3.22. The molecule has 2 aromatic heterocycles. The maximum absolute atomic E-state index is 5.79. The van der Waals surface area contributed by atoms with Gasteiger partial charge in [0.2, 0.25) is 0 Å². The molecule has 2 heterocycles. The van der Waals surface area contributed by atoms with Crippen LogP contribution >= 0.6 is 11.3 Å². The summed E-state index contributed by atoms with van der Waals surface area (Å²) < 4.78 is 7.05. The molecule has 0 bridgehead atoms. The summed E-state index contributed by atoms with van der Waals surface area (Å²) in [4.78, 5) is 4.24. The average Bonchev–Trinajstić information content (AvgIpc) is 2.81. The minimum Gasteiger partial charge on any atom is -0.486 e. The number of thiophene rings is 1. The fourth-order valence-corrected chi connectivity index (χ4v) is 2.58. The van der Waals surface area contributed by atoms with E-state index in [0.29, 0.717) is 6.61 Å². The first kappa shape index (κ1) is 10.3. The lowest BCUT2D eigenvalue weighted by Gasteiger charge is -2.03. The second-order valence-corrected chi connectivity index (χ2v) is 4.62. The predicted octanol–water partition coefficient (Wildman–Crippen LogP) is 3.88. The van der Waals surface area contributed by atoms with Gasteiger partial charge in [0.25, 0.3) is 0 Å². The average molecular weight is 241 g/mol. The molecule has 0 saturated carbocycles. The van der Waals surface area contributed by atoms with Crippen LogP contribution in [-0.4, -0.2) is 4.98 Å². The molecule has 0 unspecified atom stereocenters. The summed E-state index contributed by atoms with van der Waals surface area (Å²) in [6.45, 7) is 0.515. The number of benzene rings is 1. The fraction of sp³-hybridized carbons (Fsp3) is 0.0714. The van der Waals surface area contributed by atoms with Crippen molar-refractivity contribution in [1.29, 1.82) is 0 Å². The van der Waals surface area contributed by atoms with Crippen LogP contribution in [-0.2, 0) is 6.61 Å². The van der Waals surface area contributed by atoms with Crippen LogP contribution in [0.5, 0.6) is 5.75 Å². The molecule has 0 spiro atoms. The zero-order valence-corrected chi connectivity index (χ0v) is 9.98. The monoisotopic (exact) mass is 241 g/mol. The van der Waals surface area contributed by atoms with Crippen LogP contribution in [0.4, 0.5) is 0 Å². The van der Waals surface area contributed by atoms with Crippen LogP contribution in [0, 0.1) is 0 Å². The Morgan fingerprint density at radius 2 is 1.94 bits per heavy atom. The zero-order chi connectivity index (χ0) is 11.5. The lowest BCUT2D eigenvalue weighted by molar-refractivity contribution is 0.306. The third-order valence-electron chi connectivity index (χ3n) is 2.55. The molecule has 3 heteroatoms. The second kappa shape index (κ2) is 4.55. The van der Waals surface area contributed by atoms with Gasteiger partial charge in [-0.05, 0) is 24.3 Å². The largest absolute Gasteiger partial charge is 0.486 e. The second-order valence-electron chi connectivity index (χ2n) is 3.71. The van der Waals surface area contributed by atoms with E-state index in [9.17, 15) is 0 Å². The molecule has 0 amide bonds. The third-order valence-corrected chi connectivity index (χ3v) is 3.49. The molecule has 84 valence electrons. The first-order chi connectivity index (χ1) is 8.43. The van der Waals surface area contributed by atoms with E-state index < -0.39 is 0 Å². The predicted molar refractivity (Wildman–Crippen MR) is 70.4 cm³/mol. The zero-order valence-electron chi connectivity index (χ0n) is 9.17. The Morgan fingerprint density at radius 3 is 2.82 bits per heavy atom. The standard InChI is InChI=1S/C14H11NOS/c1-2-7-14-12(6-1)13(10-17-14)16-9-11-5-3-4-8-15-11/h1-8,10H,9H2. The van der Waals surface area contributed by atoms with Gasteiger partial charge in [0, 0.05) is 21.7 Å². The summed E-state index contributed by atoms with van der Waals surface area (Å²) in [5.41, 5.74) is 0.947. The van der Waals surface area contributed by atoms with E-state index in [2.05, 4.69) is 17.1 Å². The Morgan fingerprint density at radius 1 is 1.06 bits per heavy atom. The van der Waals surface area contributed by atoms with Crippen molar-refractivity contribution in [3.63, 3.8) is 0 Å². The quantitative estimate of drug-likeness (QED) is 0.694. The van der Waals surface area contributed by atoms with Crippen molar-refractivity contribution < 1.29 is 4.74 Å². The van der Waals surface area contributed by atoms with Gasteiger partial charge in [-0.3, -0.25) is 4.98 Å². The summed E-state index contributed by atoms with van der Waals surface area (Å²) in [6, 6.07) is 14.1. The van der Waals surface area contributed by atoms with Crippen molar-refractivity contribution >= 4 is 21.4 Å². The lowest BCUT2D eigenvalue weighted by Crippen LogP contribution is -1.96. The molecule has 3 rings (SSSR count). The van der Waals surface area contributed by atoms with Gasteiger partial charge in [-0.2, -0.15) is 0 Å². The van der Waals surface area contributed by atoms with Crippen LogP contribution in [0.15, 0.2) is 54.0 Å². The maximum Gasteiger partial charge on any atom is 0.138 e. The Labute approximate surface area is 104 Å². The van der Waals surface area contributed by atoms with E-state index in [1.54, 1.807) is 17.5 Å². The van der Waals surface area contributed by atoms with Crippen LogP contribution in [0.2, 0.25) is 0 Å². The van der Waals surface area contributed by atoms with E-state index >= 15 is 0 Å². The van der Waals surface area contributed by atoms with Gasteiger partial charge >= 0.3 is 0 Å². The lowest BCUT2D eigenvalue weighted by atomic mass is 10.2. The number of nitrogens with zero attached hydrogens (tertiary/aromatic N) is 1. The Balaban J connectivity index is 1.82. The van der Waals surface area contributed by atoms with Crippen LogP contribution < -0.4 is 4.74 Å². The highest BCUT2D eigenvalue weighted by Gasteiger charge is 2.04. The van der Waals surface area contributed by atoms with Crippen LogP contribution in [0.25, 0.3) is 10.1 Å². The molecule has 0 aliphatic heterocycles. The molecule has 0 fully saturated rings. The third kappa shape index (κ3) is 2.15. The highest BCUT2D eigenvalue weighted by Crippen LogP contribution is 2.32. The SMILES string of the molecule is c1ccc(COc2csc3ccccc23)nc1. The van der Waals surface area contributed by atoms with E-state index in [0.717, 1.165) is 11.4 Å². The van der Waals surface area contributed by atoms with E-state index in [1.807, 2.05) is 35.7 Å². The number of rotatable bonds is 3. The van der Waals surface area contributed by atoms with Gasteiger partial charge < -0.3 is 4.74 Å². The summed E-state index contributed by atoms with van der Waals surface area (Å²) in [5.74, 6) is 0.941. The highest BCUT2D eigenvalue weighted by molar-refractivity contribution is 7.17. The number of pyridine rings is 1. The molecule has 0 aliphatic rings. The van der Waals surface area contributed by atoms with Crippen molar-refractivity contribution in [3.8, 4) is 5.75 Å². The molecular formula is C14H11NOS. The van der Waals surface area contributed by atoms with Gasteiger partial charge in [0.1, 0.15) is 12.4 Å². The molecule has 0 saturated heterocycles. The molecule has 17 heavy (non-hydrogen) atoms. The van der Waals surface area contributed by atoms with Gasteiger partial charge in [-0.1, -0.05) is 18.2 Å². The number of fused-ring (bicyclic) bond motifs is 1. The van der Waals surface area contributed by atoms with Crippen LogP contribution in [0.1, 0.15) is 5.69 Å². The molecule has 2 nitrogen and oxygen atoms in total. The molecule has 3 aromatic rings. The fourth-order valence-electron chi connectivity index (χ4n) is 1.70. The van der Waals surface area contributed by atoms with E-state index in [1.165, 1.54) is 10.1 Å². The Bertz CT molecular complexity index is 618. The minimum absolute atomic E-state index is 0.515. The van der Waals surface area contributed by atoms with Crippen LogP contribution in [0.3, 0.4) is 0 Å². The Hall–Kier alpha value is -1.87. The minimum atomic E-state index is 0.515. The topological polar surface area (TPSA) is 22.1 Å². The summed E-state index contributed by atoms with van der Waals surface area (Å²) in [7, 11) is 0. The molecule has 0 atom stereocenters. The molecular weight excluding hydrogens is 230 g/mol. The smallest absolute Gasteiger partial charge is 0.138 e. The van der Waals surface area contributed by atoms with E-state index in [-0.39, 0.29) is 0 Å². The summed E-state index contributed by atoms with van der Waals surface area (Å²) in [6.07, 6.45) is 1.78. The maximum atomic E-state index is 5.79. The first-order valence-electron chi connectivity index (χ1n) is 5.42. The summed E-state index contributed by atoms with van der Waals surface area (Å²) >= 11 is 1.70. The molecule has 0 aliphatic carbocycles. The number of hydrogen-bond donors (Lipinski definition) is 0. The van der Waals surface area contributed by atoms with Crippen molar-refractivity contribution in [3.05, 3.63) is 59.7 Å². The normalized spacial score (nSPS) is 10.6. The number of ether oxygens (including phenoxy) is 1. The van der Waals surface area contributed by atoms with E-state index in [4.69, 9.17) is 4.74 Å². The van der Waals surface area contributed by atoms with Gasteiger partial charge in [-0.15, -0.1) is 11.3 Å². The number of hydrogen-bond acceptors (Lipinski definition) is 3. The van der Waals surface area contributed by atoms with Gasteiger partial charge in [-0.25, -0.2) is 0 Å². The van der Waals surface area contributed by atoms with Crippen molar-refractivity contribution in [2.75, 3.05) is 0 Å². The van der Waals surface area contributed by atoms with Gasteiger partial charge in [0.05, 0.1) is 5.69 Å². The molecule has 0 N–H and O–H groups in total. The highest BCUT2D eigenvalue weighted by atomic mass is 32.1. The first-order valence-corrected chi connectivity index (χ1v) is 6.30. The number of aromatic nitrogens is 1. The van der Waals surface area contributed by atoms with Crippen molar-refractivity contribution in [2.24, 2.45) is 0 Å². The van der Waals surface area contributed by atoms with Crippen molar-refractivity contribution in [1.82, 2.24) is 4.98 Å². The van der Waals surface area contributed by atoms with Gasteiger partial charge in [0.15, 0.2) is 0 Å².